The molecule has 174 valence electrons. The minimum absolute atomic E-state index is 0. The summed E-state index contributed by atoms with van der Waals surface area (Å²) in [6.07, 6.45) is 1.73. The zero-order valence-corrected chi connectivity index (χ0v) is 20.7. The maximum atomic E-state index is 13.9. The lowest BCUT2D eigenvalue weighted by atomic mass is 10.1. The molecule has 8 heteroatoms. The number of aliphatic imine (C=N–C) groups is 1. The quantitative estimate of drug-likeness (QED) is 0.319. The number of halogens is 2. The van der Waals surface area contributed by atoms with Gasteiger partial charge in [0.1, 0.15) is 11.6 Å². The van der Waals surface area contributed by atoms with Gasteiger partial charge in [0.05, 0.1) is 19.8 Å². The molecule has 0 amide bonds. The summed E-state index contributed by atoms with van der Waals surface area (Å²) in [4.78, 5) is 6.70. The van der Waals surface area contributed by atoms with Gasteiger partial charge in [0.2, 0.25) is 0 Å². The number of guanidine groups is 1. The van der Waals surface area contributed by atoms with Gasteiger partial charge in [-0.3, -0.25) is 4.99 Å². The second kappa shape index (κ2) is 12.4. The molecule has 2 aromatic rings. The van der Waals surface area contributed by atoms with Crippen LogP contribution < -0.4 is 10.1 Å². The molecule has 1 fully saturated rings. The number of rotatable bonds is 7. The van der Waals surface area contributed by atoms with Crippen molar-refractivity contribution in [2.45, 2.75) is 26.1 Å². The normalized spacial score (nSPS) is 18.0. The van der Waals surface area contributed by atoms with Crippen LogP contribution in [0.15, 0.2) is 47.5 Å². The third kappa shape index (κ3) is 6.55. The Hall–Kier alpha value is -1.91. The van der Waals surface area contributed by atoms with E-state index in [9.17, 15) is 4.39 Å². The van der Waals surface area contributed by atoms with E-state index < -0.39 is 0 Å². The zero-order chi connectivity index (χ0) is 21.5. The van der Waals surface area contributed by atoms with Crippen LogP contribution in [0.3, 0.4) is 0 Å². The topological polar surface area (TPSA) is 55.3 Å². The lowest BCUT2D eigenvalue weighted by molar-refractivity contribution is -0.0172. The van der Waals surface area contributed by atoms with Crippen molar-refractivity contribution in [3.8, 4) is 5.75 Å². The van der Waals surface area contributed by atoms with E-state index in [2.05, 4.69) is 27.3 Å². The Morgan fingerprint density at radius 1 is 1.28 bits per heavy atom. The molecule has 32 heavy (non-hydrogen) atoms. The number of ether oxygens (including phenoxy) is 3. The minimum atomic E-state index is -0.259. The highest BCUT2D eigenvalue weighted by atomic mass is 127. The summed E-state index contributed by atoms with van der Waals surface area (Å²) in [5.74, 6) is 1.86. The van der Waals surface area contributed by atoms with Crippen molar-refractivity contribution in [1.82, 2.24) is 10.2 Å². The van der Waals surface area contributed by atoms with E-state index in [0.29, 0.717) is 32.1 Å². The largest absolute Gasteiger partial charge is 0.467 e. The molecule has 0 bridgehead atoms. The number of benzene rings is 2. The van der Waals surface area contributed by atoms with E-state index in [4.69, 9.17) is 14.2 Å². The lowest BCUT2D eigenvalue weighted by Crippen LogP contribution is -2.41. The van der Waals surface area contributed by atoms with Crippen LogP contribution in [0, 0.1) is 11.7 Å². The SMILES string of the molecule is CN=C(NCCc1cc(F)cc2c1OCOC2)N1CCC(COCc2ccccc2)C1.I. The van der Waals surface area contributed by atoms with Crippen molar-refractivity contribution in [2.75, 3.05) is 40.1 Å². The number of nitrogens with one attached hydrogen (secondary N) is 1. The van der Waals surface area contributed by atoms with Crippen LogP contribution in [-0.4, -0.2) is 50.9 Å². The molecule has 2 aliphatic rings. The molecule has 0 aliphatic carbocycles. The fourth-order valence-electron chi connectivity index (χ4n) is 4.16. The molecule has 0 radical (unpaired) electrons. The average molecular weight is 555 g/mol. The smallest absolute Gasteiger partial charge is 0.193 e. The van der Waals surface area contributed by atoms with Crippen LogP contribution in [-0.2, 0) is 29.1 Å². The number of likely N-dealkylation sites (tertiary alicyclic amines) is 1. The lowest BCUT2D eigenvalue weighted by Gasteiger charge is -2.23. The highest BCUT2D eigenvalue weighted by Gasteiger charge is 2.25. The molecule has 2 aromatic carbocycles. The highest BCUT2D eigenvalue weighted by molar-refractivity contribution is 14.0. The van der Waals surface area contributed by atoms with Gasteiger partial charge < -0.3 is 24.4 Å². The van der Waals surface area contributed by atoms with Gasteiger partial charge in [0.25, 0.3) is 0 Å². The molecule has 0 saturated carbocycles. The minimum Gasteiger partial charge on any atom is -0.467 e. The number of fused-ring (bicyclic) bond motifs is 1. The first-order chi connectivity index (χ1) is 15.2. The van der Waals surface area contributed by atoms with Crippen molar-refractivity contribution in [2.24, 2.45) is 10.9 Å². The maximum Gasteiger partial charge on any atom is 0.193 e. The predicted octanol–water partition coefficient (Wildman–Crippen LogP) is 3.97. The Labute approximate surface area is 206 Å². The number of hydrogen-bond donors (Lipinski definition) is 1. The van der Waals surface area contributed by atoms with Gasteiger partial charge in [-0.15, -0.1) is 24.0 Å². The summed E-state index contributed by atoms with van der Waals surface area (Å²) < 4.78 is 30.7. The van der Waals surface area contributed by atoms with E-state index in [0.717, 1.165) is 49.0 Å². The predicted molar refractivity (Wildman–Crippen MR) is 133 cm³/mol. The molecule has 2 aliphatic heterocycles. The van der Waals surface area contributed by atoms with Crippen LogP contribution in [0.25, 0.3) is 0 Å². The first-order valence-electron chi connectivity index (χ1n) is 10.8. The second-order valence-electron chi connectivity index (χ2n) is 7.99. The van der Waals surface area contributed by atoms with Gasteiger partial charge in [0, 0.05) is 38.2 Å². The van der Waals surface area contributed by atoms with Crippen molar-refractivity contribution >= 4 is 29.9 Å². The van der Waals surface area contributed by atoms with Crippen molar-refractivity contribution in [1.29, 1.82) is 0 Å². The van der Waals surface area contributed by atoms with Crippen LogP contribution in [0.1, 0.15) is 23.1 Å². The molecule has 6 nitrogen and oxygen atoms in total. The van der Waals surface area contributed by atoms with Crippen LogP contribution in [0.2, 0.25) is 0 Å². The molecule has 4 rings (SSSR count). The number of nitrogens with zero attached hydrogens (tertiary/aromatic N) is 2. The summed E-state index contributed by atoms with van der Waals surface area (Å²) in [6, 6.07) is 13.3. The summed E-state index contributed by atoms with van der Waals surface area (Å²) in [6.45, 7) is 4.52. The van der Waals surface area contributed by atoms with E-state index >= 15 is 0 Å². The fourth-order valence-corrected chi connectivity index (χ4v) is 4.16. The van der Waals surface area contributed by atoms with Gasteiger partial charge in [-0.1, -0.05) is 30.3 Å². The van der Waals surface area contributed by atoms with Gasteiger partial charge in [-0.05, 0) is 36.1 Å². The standard InChI is InChI=1S/C24H30FN3O3.HI/c1-26-24(27-9-7-20-11-22(25)12-21-16-30-17-31-23(20)21)28-10-8-19(13-28)15-29-14-18-5-3-2-4-6-18;/h2-6,11-12,19H,7-10,13-17H2,1H3,(H,26,27);1H. The van der Waals surface area contributed by atoms with Gasteiger partial charge in [-0.2, -0.15) is 0 Å². The van der Waals surface area contributed by atoms with Crippen LogP contribution in [0.5, 0.6) is 5.75 Å². The summed E-state index contributed by atoms with van der Waals surface area (Å²) in [5.41, 5.74) is 2.82. The molecular weight excluding hydrogens is 524 g/mol. The van der Waals surface area contributed by atoms with Gasteiger partial charge in [0.15, 0.2) is 12.8 Å². The van der Waals surface area contributed by atoms with Crippen LogP contribution in [0.4, 0.5) is 4.39 Å². The van der Waals surface area contributed by atoms with Crippen molar-refractivity contribution in [3.63, 3.8) is 0 Å². The van der Waals surface area contributed by atoms with Crippen molar-refractivity contribution < 1.29 is 18.6 Å². The summed E-state index contributed by atoms with van der Waals surface area (Å²) >= 11 is 0. The Balaban J connectivity index is 0.00000289. The van der Waals surface area contributed by atoms with E-state index in [1.807, 2.05) is 18.2 Å². The third-order valence-corrected chi connectivity index (χ3v) is 5.69. The van der Waals surface area contributed by atoms with E-state index in [-0.39, 0.29) is 36.6 Å². The molecule has 0 aromatic heterocycles. The molecule has 1 saturated heterocycles. The van der Waals surface area contributed by atoms with Gasteiger partial charge >= 0.3 is 0 Å². The monoisotopic (exact) mass is 555 g/mol. The van der Waals surface area contributed by atoms with Crippen molar-refractivity contribution in [3.05, 3.63) is 65.0 Å². The summed E-state index contributed by atoms with van der Waals surface area (Å²) in [7, 11) is 1.80. The molecule has 1 N–H and O–H groups in total. The first kappa shape index (κ1) is 24.7. The maximum absolute atomic E-state index is 13.9. The van der Waals surface area contributed by atoms with Crippen LogP contribution >= 0.6 is 24.0 Å². The molecule has 1 unspecified atom stereocenters. The highest BCUT2D eigenvalue weighted by Crippen LogP contribution is 2.29. The zero-order valence-electron chi connectivity index (χ0n) is 18.4. The Morgan fingerprint density at radius 3 is 2.94 bits per heavy atom. The molecular formula is C24H31FIN3O3. The molecule has 1 atom stereocenters. The molecule has 0 spiro atoms. The second-order valence-corrected chi connectivity index (χ2v) is 7.99. The molecule has 2 heterocycles. The first-order valence-corrected chi connectivity index (χ1v) is 10.8. The van der Waals surface area contributed by atoms with E-state index in [1.165, 1.54) is 11.6 Å². The Morgan fingerprint density at radius 2 is 2.12 bits per heavy atom. The Bertz CT molecular complexity index is 898. The number of hydrogen-bond acceptors (Lipinski definition) is 4. The van der Waals surface area contributed by atoms with E-state index in [1.54, 1.807) is 13.1 Å². The third-order valence-electron chi connectivity index (χ3n) is 5.69. The Kier molecular flexibility index (Phi) is 9.55. The summed E-state index contributed by atoms with van der Waals surface area (Å²) in [5, 5.41) is 3.41. The fraction of sp³-hybridized carbons (Fsp3) is 0.458. The average Bonchev–Trinajstić information content (AvgIpc) is 3.26. The van der Waals surface area contributed by atoms with Gasteiger partial charge in [-0.25, -0.2) is 4.39 Å².